The number of imide groups is 1. The van der Waals surface area contributed by atoms with Crippen molar-refractivity contribution in [1.29, 1.82) is 0 Å². The Morgan fingerprint density at radius 3 is 2.75 bits per heavy atom. The van der Waals surface area contributed by atoms with E-state index in [1.807, 2.05) is 18.2 Å². The second-order valence-corrected chi connectivity index (χ2v) is 9.62. The number of amides is 4. The summed E-state index contributed by atoms with van der Waals surface area (Å²) in [5, 5.41) is 5.93. The molecule has 0 radical (unpaired) electrons. The van der Waals surface area contributed by atoms with Crippen molar-refractivity contribution < 1.29 is 14.4 Å². The largest absolute Gasteiger partial charge is 0.348 e. The van der Waals surface area contributed by atoms with Crippen molar-refractivity contribution in [3.8, 4) is 0 Å². The summed E-state index contributed by atoms with van der Waals surface area (Å²) in [5.41, 5.74) is 1.50. The smallest absolute Gasteiger partial charge is 0.325 e. The van der Waals surface area contributed by atoms with Gasteiger partial charge in [0.1, 0.15) is 12.1 Å². The summed E-state index contributed by atoms with van der Waals surface area (Å²) in [4.78, 5) is 39.5. The molecule has 1 aromatic carbocycles. The van der Waals surface area contributed by atoms with E-state index in [-0.39, 0.29) is 29.8 Å². The summed E-state index contributed by atoms with van der Waals surface area (Å²) < 4.78 is 0. The van der Waals surface area contributed by atoms with E-state index < -0.39 is 11.6 Å². The van der Waals surface area contributed by atoms with Crippen molar-refractivity contribution in [2.75, 3.05) is 6.54 Å². The number of nitrogens with zero attached hydrogens (tertiary/aromatic N) is 1. The highest BCUT2D eigenvalue weighted by Gasteiger charge is 2.56. The van der Waals surface area contributed by atoms with Crippen molar-refractivity contribution >= 4 is 17.8 Å². The average Bonchev–Trinajstić information content (AvgIpc) is 3.08. The van der Waals surface area contributed by atoms with Crippen LogP contribution in [0.1, 0.15) is 63.6 Å². The second-order valence-electron chi connectivity index (χ2n) is 9.62. The van der Waals surface area contributed by atoms with E-state index in [4.69, 9.17) is 0 Å². The first-order chi connectivity index (χ1) is 13.2. The molecule has 6 heteroatoms. The van der Waals surface area contributed by atoms with Crippen molar-refractivity contribution in [2.45, 2.75) is 64.5 Å². The van der Waals surface area contributed by atoms with E-state index in [0.29, 0.717) is 18.8 Å². The van der Waals surface area contributed by atoms with Crippen LogP contribution < -0.4 is 10.6 Å². The maximum atomic E-state index is 13.2. The normalized spacial score (nSPS) is 31.0. The molecule has 4 rings (SSSR count). The molecule has 2 N–H and O–H groups in total. The standard InChI is InChI=1S/C22H29N3O3/c1-14-10-21(2,3)13-22(11-14)19(27)25(20(28)24-22)12-18(26)23-17-9-8-15-6-4-5-7-16(15)17/h4-7,14,17H,8-13H2,1-3H3,(H,23,26)(H,24,28). The Kier molecular flexibility index (Phi) is 4.47. The number of carbonyl (C=O) groups is 3. The van der Waals surface area contributed by atoms with Crippen LogP contribution in [0, 0.1) is 11.3 Å². The molecular formula is C22H29N3O3. The maximum absolute atomic E-state index is 13.2. The third-order valence-electron chi connectivity index (χ3n) is 6.39. The minimum atomic E-state index is -0.863. The molecule has 1 heterocycles. The van der Waals surface area contributed by atoms with Crippen LogP contribution in [0.25, 0.3) is 0 Å². The molecule has 1 aromatic rings. The van der Waals surface area contributed by atoms with E-state index in [0.717, 1.165) is 29.7 Å². The molecule has 1 aliphatic heterocycles. The van der Waals surface area contributed by atoms with Crippen LogP contribution in [0.2, 0.25) is 0 Å². The summed E-state index contributed by atoms with van der Waals surface area (Å²) in [6.07, 6.45) is 4.05. The molecular weight excluding hydrogens is 354 g/mol. The summed E-state index contributed by atoms with van der Waals surface area (Å²) in [7, 11) is 0. The quantitative estimate of drug-likeness (QED) is 0.788. The highest BCUT2D eigenvalue weighted by atomic mass is 16.2. The van der Waals surface area contributed by atoms with Crippen LogP contribution in [0.15, 0.2) is 24.3 Å². The molecule has 0 aromatic heterocycles. The second kappa shape index (κ2) is 6.61. The number of nitrogens with one attached hydrogen (secondary N) is 2. The number of hydrogen-bond acceptors (Lipinski definition) is 3. The highest BCUT2D eigenvalue weighted by Crippen LogP contribution is 2.46. The first-order valence-corrected chi connectivity index (χ1v) is 10.2. The molecule has 1 saturated heterocycles. The molecule has 0 bridgehead atoms. The predicted molar refractivity (Wildman–Crippen MR) is 105 cm³/mol. The molecule has 3 unspecified atom stereocenters. The van der Waals surface area contributed by atoms with Crippen LogP contribution in [0.5, 0.6) is 0 Å². The Morgan fingerprint density at radius 1 is 1.25 bits per heavy atom. The van der Waals surface area contributed by atoms with Gasteiger partial charge in [-0.15, -0.1) is 0 Å². The zero-order valence-corrected chi connectivity index (χ0v) is 16.9. The fourth-order valence-corrected chi connectivity index (χ4v) is 5.74. The van der Waals surface area contributed by atoms with Crippen molar-refractivity contribution in [3.63, 3.8) is 0 Å². The minimum absolute atomic E-state index is 0.0214. The summed E-state index contributed by atoms with van der Waals surface area (Å²) in [5.74, 6) is -0.193. The van der Waals surface area contributed by atoms with Crippen molar-refractivity contribution in [2.24, 2.45) is 11.3 Å². The number of aryl methyl sites for hydroxylation is 1. The molecule has 150 valence electrons. The lowest BCUT2D eigenvalue weighted by molar-refractivity contribution is -0.137. The molecule has 3 atom stereocenters. The van der Waals surface area contributed by atoms with Gasteiger partial charge in [0, 0.05) is 0 Å². The molecule has 3 aliphatic rings. The number of benzene rings is 1. The van der Waals surface area contributed by atoms with Gasteiger partial charge in [0.2, 0.25) is 5.91 Å². The number of hydrogen-bond donors (Lipinski definition) is 2. The molecule has 2 aliphatic carbocycles. The summed E-state index contributed by atoms with van der Waals surface area (Å²) in [6.45, 7) is 6.17. The first kappa shape index (κ1) is 19.0. The number of fused-ring (bicyclic) bond motifs is 1. The summed E-state index contributed by atoms with van der Waals surface area (Å²) >= 11 is 0. The average molecular weight is 383 g/mol. The molecule has 1 saturated carbocycles. The van der Waals surface area contributed by atoms with Gasteiger partial charge >= 0.3 is 6.03 Å². The van der Waals surface area contributed by atoms with Gasteiger partial charge in [0.25, 0.3) is 5.91 Å². The van der Waals surface area contributed by atoms with E-state index >= 15 is 0 Å². The van der Waals surface area contributed by atoms with Gasteiger partial charge in [-0.3, -0.25) is 14.5 Å². The first-order valence-electron chi connectivity index (χ1n) is 10.2. The van der Waals surface area contributed by atoms with Crippen LogP contribution in [-0.2, 0) is 16.0 Å². The summed E-state index contributed by atoms with van der Waals surface area (Å²) in [6, 6.07) is 7.58. The lowest BCUT2D eigenvalue weighted by Gasteiger charge is -2.43. The van der Waals surface area contributed by atoms with Crippen LogP contribution >= 0.6 is 0 Å². The third-order valence-corrected chi connectivity index (χ3v) is 6.39. The van der Waals surface area contributed by atoms with Crippen LogP contribution in [0.3, 0.4) is 0 Å². The van der Waals surface area contributed by atoms with Gasteiger partial charge in [-0.05, 0) is 54.6 Å². The zero-order chi connectivity index (χ0) is 20.1. The number of urea groups is 1. The Balaban J connectivity index is 1.45. The fourth-order valence-electron chi connectivity index (χ4n) is 5.74. The van der Waals surface area contributed by atoms with E-state index in [1.54, 1.807) is 0 Å². The molecule has 28 heavy (non-hydrogen) atoms. The molecule has 6 nitrogen and oxygen atoms in total. The SMILES string of the molecule is CC1CC(C)(C)CC2(C1)NC(=O)N(CC(=O)NC1CCc3ccccc31)C2=O. The van der Waals surface area contributed by atoms with Gasteiger partial charge in [0.05, 0.1) is 6.04 Å². The monoisotopic (exact) mass is 383 g/mol. The van der Waals surface area contributed by atoms with Gasteiger partial charge in [-0.25, -0.2) is 4.79 Å². The Morgan fingerprint density at radius 2 is 2.00 bits per heavy atom. The Labute approximate surface area is 166 Å². The van der Waals surface area contributed by atoms with Gasteiger partial charge in [-0.2, -0.15) is 0 Å². The van der Waals surface area contributed by atoms with Crippen molar-refractivity contribution in [1.82, 2.24) is 15.5 Å². The van der Waals surface area contributed by atoms with Gasteiger partial charge < -0.3 is 10.6 Å². The minimum Gasteiger partial charge on any atom is -0.348 e. The van der Waals surface area contributed by atoms with E-state index in [1.165, 1.54) is 5.56 Å². The Hall–Kier alpha value is -2.37. The predicted octanol–water partition coefficient (Wildman–Crippen LogP) is 2.93. The molecule has 2 fully saturated rings. The van der Waals surface area contributed by atoms with E-state index in [2.05, 4.69) is 37.5 Å². The lowest BCUT2D eigenvalue weighted by atomic mass is 9.64. The maximum Gasteiger partial charge on any atom is 0.325 e. The third kappa shape index (κ3) is 3.29. The number of rotatable bonds is 3. The van der Waals surface area contributed by atoms with Crippen LogP contribution in [0.4, 0.5) is 4.79 Å². The number of carbonyl (C=O) groups excluding carboxylic acids is 3. The Bertz CT molecular complexity index is 834. The van der Waals surface area contributed by atoms with Crippen molar-refractivity contribution in [3.05, 3.63) is 35.4 Å². The van der Waals surface area contributed by atoms with Gasteiger partial charge in [0.15, 0.2) is 0 Å². The van der Waals surface area contributed by atoms with Gasteiger partial charge in [-0.1, -0.05) is 45.0 Å². The lowest BCUT2D eigenvalue weighted by Crippen LogP contribution is -2.54. The zero-order valence-electron chi connectivity index (χ0n) is 16.9. The molecule has 1 spiro atoms. The highest BCUT2D eigenvalue weighted by molar-refractivity contribution is 6.09. The molecule has 4 amide bonds. The van der Waals surface area contributed by atoms with E-state index in [9.17, 15) is 14.4 Å². The van der Waals surface area contributed by atoms with Crippen LogP contribution in [-0.4, -0.2) is 34.8 Å². The fraction of sp³-hybridized carbons (Fsp3) is 0.591. The topological polar surface area (TPSA) is 78.5 Å².